The molecule has 0 saturated carbocycles. The minimum atomic E-state index is -0.583. The molecule has 2 aromatic rings. The lowest BCUT2D eigenvalue weighted by molar-refractivity contribution is -0.143. The molecular formula is C20H15ClINO6. The Labute approximate surface area is 185 Å². The Morgan fingerprint density at radius 2 is 2.00 bits per heavy atom. The van der Waals surface area contributed by atoms with Gasteiger partial charge in [0.15, 0.2) is 23.8 Å². The standard InChI is InChI=1S/C20H15ClINO6/c1-26-17-8-11(3-6-16(17)28-10-18(24)27-2)7-15-20(25)29-19(23-15)13-9-12(22)4-5-14(13)21/h3-9H,10H2,1-2H3/b15-7-. The lowest BCUT2D eigenvalue weighted by Gasteiger charge is -2.10. The molecule has 0 aliphatic carbocycles. The fourth-order valence-corrected chi connectivity index (χ4v) is 3.12. The molecular weight excluding hydrogens is 513 g/mol. The first-order chi connectivity index (χ1) is 13.9. The first-order valence-corrected chi connectivity index (χ1v) is 9.72. The van der Waals surface area contributed by atoms with Gasteiger partial charge in [-0.15, -0.1) is 0 Å². The van der Waals surface area contributed by atoms with Crippen LogP contribution >= 0.6 is 34.2 Å². The molecule has 0 unspecified atom stereocenters. The molecule has 9 heteroatoms. The Hall–Kier alpha value is -2.59. The minimum Gasteiger partial charge on any atom is -0.493 e. The average Bonchev–Trinajstić information content (AvgIpc) is 3.08. The second kappa shape index (κ2) is 9.27. The summed E-state index contributed by atoms with van der Waals surface area (Å²) in [7, 11) is 2.74. The Balaban J connectivity index is 1.87. The number of halogens is 2. The summed E-state index contributed by atoms with van der Waals surface area (Å²) >= 11 is 8.33. The Morgan fingerprint density at radius 1 is 1.21 bits per heavy atom. The van der Waals surface area contributed by atoms with Crippen LogP contribution in [-0.2, 0) is 19.1 Å². The number of hydrogen-bond donors (Lipinski definition) is 0. The number of nitrogens with zero attached hydrogens (tertiary/aromatic N) is 1. The highest BCUT2D eigenvalue weighted by Crippen LogP contribution is 2.30. The van der Waals surface area contributed by atoms with Gasteiger partial charge in [0.2, 0.25) is 5.90 Å². The van der Waals surface area contributed by atoms with Crippen LogP contribution in [0.3, 0.4) is 0 Å². The quantitative estimate of drug-likeness (QED) is 0.322. The van der Waals surface area contributed by atoms with Gasteiger partial charge < -0.3 is 18.9 Å². The Bertz CT molecular complexity index is 1030. The van der Waals surface area contributed by atoms with E-state index in [1.54, 1.807) is 36.4 Å². The number of carbonyl (C=O) groups excluding carboxylic acids is 2. The molecule has 3 rings (SSSR count). The zero-order chi connectivity index (χ0) is 21.0. The van der Waals surface area contributed by atoms with Crippen LogP contribution in [0, 0.1) is 3.57 Å². The third-order valence-electron chi connectivity index (χ3n) is 3.84. The molecule has 0 N–H and O–H groups in total. The van der Waals surface area contributed by atoms with Gasteiger partial charge in [-0.3, -0.25) is 0 Å². The number of carbonyl (C=O) groups is 2. The highest BCUT2D eigenvalue weighted by molar-refractivity contribution is 14.1. The van der Waals surface area contributed by atoms with Crippen LogP contribution < -0.4 is 9.47 Å². The molecule has 0 fully saturated rings. The minimum absolute atomic E-state index is 0.125. The number of esters is 2. The second-order valence-corrected chi connectivity index (χ2v) is 7.39. The summed E-state index contributed by atoms with van der Waals surface area (Å²) in [4.78, 5) is 27.7. The number of benzene rings is 2. The number of rotatable bonds is 6. The van der Waals surface area contributed by atoms with Gasteiger partial charge in [-0.05, 0) is 64.6 Å². The van der Waals surface area contributed by atoms with Crippen molar-refractivity contribution in [3.05, 3.63) is 61.8 Å². The summed E-state index contributed by atoms with van der Waals surface area (Å²) < 4.78 is 21.4. The van der Waals surface area contributed by atoms with Gasteiger partial charge in [-0.1, -0.05) is 17.7 Å². The number of aliphatic imine (C=N–C) groups is 1. The number of ether oxygens (including phenoxy) is 4. The van der Waals surface area contributed by atoms with E-state index in [2.05, 4.69) is 32.3 Å². The summed E-state index contributed by atoms with van der Waals surface area (Å²) in [5, 5.41) is 0.437. The van der Waals surface area contributed by atoms with Crippen molar-refractivity contribution in [2.45, 2.75) is 0 Å². The zero-order valence-corrected chi connectivity index (χ0v) is 18.3. The normalized spacial score (nSPS) is 14.4. The maximum Gasteiger partial charge on any atom is 0.363 e. The van der Waals surface area contributed by atoms with Crippen molar-refractivity contribution in [3.63, 3.8) is 0 Å². The van der Waals surface area contributed by atoms with E-state index in [-0.39, 0.29) is 18.2 Å². The van der Waals surface area contributed by atoms with E-state index in [4.69, 9.17) is 25.8 Å². The highest BCUT2D eigenvalue weighted by Gasteiger charge is 2.26. The average molecular weight is 528 g/mol. The van der Waals surface area contributed by atoms with Crippen molar-refractivity contribution in [2.75, 3.05) is 20.8 Å². The van der Waals surface area contributed by atoms with Crippen LogP contribution in [0.15, 0.2) is 47.1 Å². The van der Waals surface area contributed by atoms with Gasteiger partial charge in [0.05, 0.1) is 24.8 Å². The number of cyclic esters (lactones) is 1. The van der Waals surface area contributed by atoms with Crippen molar-refractivity contribution in [2.24, 2.45) is 4.99 Å². The van der Waals surface area contributed by atoms with Crippen molar-refractivity contribution < 1.29 is 28.5 Å². The topological polar surface area (TPSA) is 83.4 Å². The molecule has 0 saturated heterocycles. The van der Waals surface area contributed by atoms with E-state index < -0.39 is 11.9 Å². The largest absolute Gasteiger partial charge is 0.493 e. The maximum absolute atomic E-state index is 12.2. The third-order valence-corrected chi connectivity index (χ3v) is 4.84. The van der Waals surface area contributed by atoms with Gasteiger partial charge in [-0.2, -0.15) is 0 Å². The van der Waals surface area contributed by atoms with Gasteiger partial charge in [0, 0.05) is 3.57 Å². The molecule has 150 valence electrons. The molecule has 0 aromatic heterocycles. The van der Waals surface area contributed by atoms with Crippen molar-refractivity contribution in [3.8, 4) is 11.5 Å². The van der Waals surface area contributed by atoms with Crippen LogP contribution in [0.2, 0.25) is 5.02 Å². The summed E-state index contributed by atoms with van der Waals surface area (Å²) in [5.74, 6) is -0.193. The van der Waals surface area contributed by atoms with E-state index in [0.29, 0.717) is 27.6 Å². The Morgan fingerprint density at radius 3 is 2.72 bits per heavy atom. The maximum atomic E-state index is 12.2. The molecule has 0 radical (unpaired) electrons. The molecule has 0 spiro atoms. The van der Waals surface area contributed by atoms with E-state index >= 15 is 0 Å². The molecule has 0 bridgehead atoms. The summed E-state index contributed by atoms with van der Waals surface area (Å²) in [6.45, 7) is -0.246. The first kappa shape index (κ1) is 21.1. The van der Waals surface area contributed by atoms with E-state index in [1.807, 2.05) is 6.07 Å². The number of methoxy groups -OCH3 is 2. The van der Waals surface area contributed by atoms with Gasteiger partial charge >= 0.3 is 11.9 Å². The SMILES string of the molecule is COC(=O)COc1ccc(/C=C2\N=C(c3cc(I)ccc3Cl)OC2=O)cc1OC. The fourth-order valence-electron chi connectivity index (χ4n) is 2.43. The van der Waals surface area contributed by atoms with Crippen molar-refractivity contribution in [1.29, 1.82) is 0 Å². The summed E-state index contributed by atoms with van der Waals surface area (Å²) in [5.41, 5.74) is 1.30. The molecule has 0 amide bonds. The van der Waals surface area contributed by atoms with Gasteiger partial charge in [0.25, 0.3) is 0 Å². The molecule has 1 aliphatic heterocycles. The van der Waals surface area contributed by atoms with Gasteiger partial charge in [0.1, 0.15) is 0 Å². The second-order valence-electron chi connectivity index (χ2n) is 5.74. The van der Waals surface area contributed by atoms with E-state index in [0.717, 1.165) is 3.57 Å². The Kier molecular flexibility index (Phi) is 6.75. The molecule has 29 heavy (non-hydrogen) atoms. The monoisotopic (exact) mass is 527 g/mol. The smallest absolute Gasteiger partial charge is 0.363 e. The van der Waals surface area contributed by atoms with Crippen LogP contribution in [0.5, 0.6) is 11.5 Å². The van der Waals surface area contributed by atoms with Crippen LogP contribution in [-0.4, -0.2) is 38.7 Å². The third kappa shape index (κ3) is 5.07. The molecule has 1 aliphatic rings. The summed E-state index contributed by atoms with van der Waals surface area (Å²) in [6.07, 6.45) is 1.56. The molecule has 1 heterocycles. The fraction of sp³-hybridized carbons (Fsp3) is 0.150. The zero-order valence-electron chi connectivity index (χ0n) is 15.4. The van der Waals surface area contributed by atoms with Gasteiger partial charge in [-0.25, -0.2) is 14.6 Å². The predicted molar refractivity (Wildman–Crippen MR) is 115 cm³/mol. The molecule has 0 atom stereocenters. The first-order valence-electron chi connectivity index (χ1n) is 8.27. The van der Waals surface area contributed by atoms with E-state index in [9.17, 15) is 9.59 Å². The molecule has 2 aromatic carbocycles. The predicted octanol–water partition coefficient (Wildman–Crippen LogP) is 3.85. The van der Waals surface area contributed by atoms with Crippen LogP contribution in [0.1, 0.15) is 11.1 Å². The lowest BCUT2D eigenvalue weighted by atomic mass is 10.1. The highest BCUT2D eigenvalue weighted by atomic mass is 127. The summed E-state index contributed by atoms with van der Waals surface area (Å²) in [6, 6.07) is 10.3. The van der Waals surface area contributed by atoms with Crippen molar-refractivity contribution >= 4 is 58.1 Å². The van der Waals surface area contributed by atoms with Crippen LogP contribution in [0.4, 0.5) is 0 Å². The lowest BCUT2D eigenvalue weighted by Crippen LogP contribution is -2.12. The van der Waals surface area contributed by atoms with Crippen molar-refractivity contribution in [1.82, 2.24) is 0 Å². The molecule has 7 nitrogen and oxygen atoms in total. The number of hydrogen-bond acceptors (Lipinski definition) is 7. The van der Waals surface area contributed by atoms with E-state index in [1.165, 1.54) is 14.2 Å². The van der Waals surface area contributed by atoms with Crippen LogP contribution in [0.25, 0.3) is 6.08 Å².